The van der Waals surface area contributed by atoms with E-state index in [4.69, 9.17) is 4.74 Å². The molecule has 0 saturated carbocycles. The lowest BCUT2D eigenvalue weighted by atomic mass is 10.0. The molecule has 0 radical (unpaired) electrons. The van der Waals surface area contributed by atoms with Crippen LogP contribution in [0, 0.1) is 6.92 Å². The number of amides is 1. The molecule has 1 amide bonds. The van der Waals surface area contributed by atoms with Crippen molar-refractivity contribution in [1.29, 1.82) is 0 Å². The molecule has 1 N–H and O–H groups in total. The number of ether oxygens (including phenoxy) is 1. The Labute approximate surface area is 148 Å². The van der Waals surface area contributed by atoms with Gasteiger partial charge in [0.15, 0.2) is 0 Å². The fraction of sp³-hybridized carbons (Fsp3) is 0.500. The van der Waals surface area contributed by atoms with Crippen molar-refractivity contribution in [3.8, 4) is 5.69 Å². The van der Waals surface area contributed by atoms with Crippen LogP contribution in [0.5, 0.6) is 0 Å². The van der Waals surface area contributed by atoms with E-state index in [1.54, 1.807) is 11.0 Å². The van der Waals surface area contributed by atoms with E-state index in [-0.39, 0.29) is 12.1 Å². The normalized spacial score (nSPS) is 18.1. The molecule has 0 bridgehead atoms. The summed E-state index contributed by atoms with van der Waals surface area (Å²) in [5.41, 5.74) is 3.47. The van der Waals surface area contributed by atoms with Crippen LogP contribution in [0.3, 0.4) is 0 Å². The summed E-state index contributed by atoms with van der Waals surface area (Å²) in [4.78, 5) is 18.0. The molecule has 2 aromatic rings. The van der Waals surface area contributed by atoms with Crippen molar-refractivity contribution < 1.29 is 9.53 Å². The Morgan fingerprint density at radius 3 is 3.04 bits per heavy atom. The van der Waals surface area contributed by atoms with Gasteiger partial charge in [-0.2, -0.15) is 5.10 Å². The molecule has 0 spiro atoms. The number of carbonyl (C=O) groups is 1. The van der Waals surface area contributed by atoms with Gasteiger partial charge in [-0.05, 0) is 50.4 Å². The van der Waals surface area contributed by atoms with Crippen molar-refractivity contribution in [2.45, 2.75) is 39.3 Å². The van der Waals surface area contributed by atoms with Gasteiger partial charge < -0.3 is 10.1 Å². The van der Waals surface area contributed by atoms with Crippen LogP contribution in [0.15, 0.2) is 30.9 Å². The third-order valence-corrected chi connectivity index (χ3v) is 4.44. The van der Waals surface area contributed by atoms with Gasteiger partial charge in [-0.3, -0.25) is 4.90 Å². The number of hydrogen-bond donors (Lipinski definition) is 1. The number of carbonyl (C=O) groups excluding carboxylic acids is 1. The minimum absolute atomic E-state index is 0.156. The van der Waals surface area contributed by atoms with Crippen LogP contribution in [0.4, 0.5) is 4.79 Å². The highest BCUT2D eigenvalue weighted by Gasteiger charge is 2.22. The number of alkyl carbamates (subject to hydrolysis) is 1. The average molecular weight is 343 g/mol. The molecule has 7 heteroatoms. The molecule has 1 aromatic heterocycles. The molecule has 25 heavy (non-hydrogen) atoms. The number of rotatable bonds is 5. The summed E-state index contributed by atoms with van der Waals surface area (Å²) in [6.45, 7) is 7.08. The lowest BCUT2D eigenvalue weighted by Crippen LogP contribution is -2.47. The minimum atomic E-state index is -0.317. The third-order valence-electron chi connectivity index (χ3n) is 4.44. The van der Waals surface area contributed by atoms with Crippen molar-refractivity contribution in [3.05, 3.63) is 42.0 Å². The molecule has 0 aliphatic carbocycles. The maximum Gasteiger partial charge on any atom is 0.407 e. The zero-order chi connectivity index (χ0) is 17.6. The van der Waals surface area contributed by atoms with Crippen LogP contribution in [-0.4, -0.2) is 51.5 Å². The van der Waals surface area contributed by atoms with Crippen LogP contribution >= 0.6 is 0 Å². The smallest absolute Gasteiger partial charge is 0.407 e. The number of piperidine rings is 1. The van der Waals surface area contributed by atoms with Crippen molar-refractivity contribution in [2.24, 2.45) is 0 Å². The van der Waals surface area contributed by atoms with Gasteiger partial charge in [0.25, 0.3) is 0 Å². The second-order valence-corrected chi connectivity index (χ2v) is 6.40. The molecule has 7 nitrogen and oxygen atoms in total. The first-order chi connectivity index (χ1) is 12.2. The molecule has 1 aromatic carbocycles. The maximum absolute atomic E-state index is 11.6. The zero-order valence-corrected chi connectivity index (χ0v) is 14.8. The number of aromatic nitrogens is 3. The first kappa shape index (κ1) is 17.4. The van der Waals surface area contributed by atoms with Crippen molar-refractivity contribution in [3.63, 3.8) is 0 Å². The highest BCUT2D eigenvalue weighted by Crippen LogP contribution is 2.18. The summed E-state index contributed by atoms with van der Waals surface area (Å²) in [7, 11) is 0. The van der Waals surface area contributed by atoms with E-state index in [0.717, 1.165) is 38.2 Å². The third kappa shape index (κ3) is 4.57. The summed E-state index contributed by atoms with van der Waals surface area (Å²) in [6.07, 6.45) is 5.00. The van der Waals surface area contributed by atoms with Crippen molar-refractivity contribution in [1.82, 2.24) is 25.0 Å². The Morgan fingerprint density at radius 2 is 2.32 bits per heavy atom. The number of hydrogen-bond acceptors (Lipinski definition) is 5. The predicted molar refractivity (Wildman–Crippen MR) is 94.6 cm³/mol. The molecule has 1 unspecified atom stereocenters. The first-order valence-corrected chi connectivity index (χ1v) is 8.76. The number of nitrogens with one attached hydrogen (secondary N) is 1. The van der Waals surface area contributed by atoms with Crippen LogP contribution in [0.25, 0.3) is 5.69 Å². The Balaban J connectivity index is 1.60. The number of nitrogens with zero attached hydrogens (tertiary/aromatic N) is 4. The molecule has 1 aliphatic heterocycles. The summed E-state index contributed by atoms with van der Waals surface area (Å²) in [5.74, 6) is 0. The average Bonchev–Trinajstić information content (AvgIpc) is 3.09. The van der Waals surface area contributed by atoms with Crippen LogP contribution < -0.4 is 5.32 Å². The molecule has 1 saturated heterocycles. The van der Waals surface area contributed by atoms with E-state index in [1.807, 2.05) is 6.92 Å². The molecule has 1 fully saturated rings. The van der Waals surface area contributed by atoms with Gasteiger partial charge in [0.05, 0.1) is 12.3 Å². The lowest BCUT2D eigenvalue weighted by molar-refractivity contribution is 0.132. The van der Waals surface area contributed by atoms with E-state index in [9.17, 15) is 4.79 Å². The van der Waals surface area contributed by atoms with E-state index >= 15 is 0 Å². The van der Waals surface area contributed by atoms with Crippen molar-refractivity contribution >= 4 is 6.09 Å². The van der Waals surface area contributed by atoms with Gasteiger partial charge in [-0.15, -0.1) is 0 Å². The van der Waals surface area contributed by atoms with Gasteiger partial charge in [0.2, 0.25) is 0 Å². The molecule has 3 rings (SSSR count). The minimum Gasteiger partial charge on any atom is -0.450 e. The van der Waals surface area contributed by atoms with Crippen LogP contribution in [0.1, 0.15) is 30.9 Å². The second kappa shape index (κ2) is 8.11. The molecular formula is C18H25N5O2. The van der Waals surface area contributed by atoms with E-state index in [1.165, 1.54) is 17.5 Å². The van der Waals surface area contributed by atoms with Gasteiger partial charge in [0, 0.05) is 19.1 Å². The van der Waals surface area contributed by atoms with Crippen molar-refractivity contribution in [2.75, 3.05) is 19.7 Å². The van der Waals surface area contributed by atoms with Gasteiger partial charge >= 0.3 is 6.09 Å². The first-order valence-electron chi connectivity index (χ1n) is 8.76. The zero-order valence-electron chi connectivity index (χ0n) is 14.8. The Hall–Kier alpha value is -2.41. The fourth-order valence-corrected chi connectivity index (χ4v) is 3.32. The topological polar surface area (TPSA) is 72.3 Å². The van der Waals surface area contributed by atoms with Gasteiger partial charge in [-0.1, -0.05) is 12.1 Å². The molecule has 2 heterocycles. The largest absolute Gasteiger partial charge is 0.450 e. The summed E-state index contributed by atoms with van der Waals surface area (Å²) >= 11 is 0. The molecule has 134 valence electrons. The Morgan fingerprint density at radius 1 is 1.44 bits per heavy atom. The highest BCUT2D eigenvalue weighted by atomic mass is 16.5. The number of aryl methyl sites for hydroxylation is 1. The lowest BCUT2D eigenvalue weighted by Gasteiger charge is -2.33. The SMILES string of the molecule is CCOC(=O)NC1CCCN(Cc2ccc(-n3cncn3)c(C)c2)C1. The quantitative estimate of drug-likeness (QED) is 0.902. The molecule has 1 atom stereocenters. The van der Waals surface area contributed by atoms with E-state index < -0.39 is 0 Å². The highest BCUT2D eigenvalue weighted by molar-refractivity contribution is 5.67. The van der Waals surface area contributed by atoms with E-state index in [2.05, 4.69) is 45.4 Å². The fourth-order valence-electron chi connectivity index (χ4n) is 3.32. The number of likely N-dealkylation sites (tertiary alicyclic amines) is 1. The van der Waals surface area contributed by atoms with Gasteiger partial charge in [-0.25, -0.2) is 14.5 Å². The molecule has 1 aliphatic rings. The monoisotopic (exact) mass is 343 g/mol. The molecular weight excluding hydrogens is 318 g/mol. The Kier molecular flexibility index (Phi) is 5.65. The Bertz CT molecular complexity index is 701. The van der Waals surface area contributed by atoms with Gasteiger partial charge in [0.1, 0.15) is 12.7 Å². The summed E-state index contributed by atoms with van der Waals surface area (Å²) in [5, 5.41) is 7.14. The number of benzene rings is 1. The predicted octanol–water partition coefficient (Wildman–Crippen LogP) is 2.29. The van der Waals surface area contributed by atoms with E-state index in [0.29, 0.717) is 6.61 Å². The maximum atomic E-state index is 11.6. The van der Waals surface area contributed by atoms with Crippen LogP contribution in [0.2, 0.25) is 0 Å². The standard InChI is InChI=1S/C18H25N5O2/c1-3-25-18(24)21-16-5-4-8-22(11-16)10-15-6-7-17(14(2)9-15)23-13-19-12-20-23/h6-7,9,12-13,16H,3-5,8,10-11H2,1-2H3,(H,21,24). The second-order valence-electron chi connectivity index (χ2n) is 6.40. The summed E-state index contributed by atoms with van der Waals surface area (Å²) in [6, 6.07) is 6.56. The van der Waals surface area contributed by atoms with Crippen LogP contribution in [-0.2, 0) is 11.3 Å². The summed E-state index contributed by atoms with van der Waals surface area (Å²) < 4.78 is 6.76.